The van der Waals surface area contributed by atoms with Crippen molar-refractivity contribution in [2.24, 2.45) is 0 Å². The molecule has 0 radical (unpaired) electrons. The molecule has 0 saturated carbocycles. The van der Waals surface area contributed by atoms with E-state index < -0.39 is 0 Å². The minimum Gasteiger partial charge on any atom is -0.310 e. The highest BCUT2D eigenvalue weighted by molar-refractivity contribution is 6.14. The van der Waals surface area contributed by atoms with Crippen molar-refractivity contribution in [2.75, 3.05) is 4.90 Å². The van der Waals surface area contributed by atoms with Crippen molar-refractivity contribution >= 4 is 60.2 Å². The third-order valence-electron chi connectivity index (χ3n) is 8.92. The van der Waals surface area contributed by atoms with Crippen LogP contribution in [0.15, 0.2) is 146 Å². The van der Waals surface area contributed by atoms with Gasteiger partial charge in [-0.3, -0.25) is 0 Å². The fourth-order valence-electron chi connectivity index (χ4n) is 6.66. The molecule has 8 aromatic carbocycles. The summed E-state index contributed by atoms with van der Waals surface area (Å²) in [6.45, 7) is 6.30. The number of benzene rings is 8. The first kappa shape index (κ1) is 33.5. The average Bonchev–Trinajstić information content (AvgIpc) is 3.14. The third-order valence-corrected chi connectivity index (χ3v) is 8.92. The quantitative estimate of drug-likeness (QED) is 0.179. The average molecular weight is 646 g/mol. The Morgan fingerprint density at radius 3 is 1.60 bits per heavy atom. The topological polar surface area (TPSA) is 50.8 Å². The summed E-state index contributed by atoms with van der Waals surface area (Å²) in [5, 5.41) is 28.3. The van der Waals surface area contributed by atoms with E-state index in [-0.39, 0.29) is 7.43 Å². The summed E-state index contributed by atoms with van der Waals surface area (Å²) in [5.74, 6) is 0. The van der Waals surface area contributed by atoms with Gasteiger partial charge in [0, 0.05) is 27.8 Å². The molecule has 0 aromatic heterocycles. The molecule has 3 heteroatoms. The van der Waals surface area contributed by atoms with E-state index >= 15 is 0 Å². The number of fused-ring (bicyclic) bond motifs is 5. The summed E-state index contributed by atoms with van der Waals surface area (Å²) >= 11 is 0. The molecule has 0 heterocycles. The molecule has 0 N–H and O–H groups in total. The first-order chi connectivity index (χ1) is 24.0. The van der Waals surface area contributed by atoms with Crippen LogP contribution in [0.2, 0.25) is 0 Å². The van der Waals surface area contributed by atoms with Crippen LogP contribution in [0.3, 0.4) is 0 Å². The van der Waals surface area contributed by atoms with Crippen molar-refractivity contribution < 1.29 is 0 Å². The molecule has 0 fully saturated rings. The van der Waals surface area contributed by atoms with Crippen LogP contribution < -0.4 is 4.90 Å². The largest absolute Gasteiger partial charge is 0.310 e. The van der Waals surface area contributed by atoms with Gasteiger partial charge in [-0.25, -0.2) is 0 Å². The summed E-state index contributed by atoms with van der Waals surface area (Å²) in [4.78, 5) is 2.30. The zero-order valence-electron chi connectivity index (χ0n) is 27.9. The summed E-state index contributed by atoms with van der Waals surface area (Å²) in [6, 6.07) is 55.6. The van der Waals surface area contributed by atoms with Gasteiger partial charge in [0.05, 0.1) is 11.1 Å². The van der Waals surface area contributed by atoms with Gasteiger partial charge in [-0.2, -0.15) is 10.5 Å². The van der Waals surface area contributed by atoms with E-state index in [1.165, 1.54) is 17.2 Å². The zero-order valence-corrected chi connectivity index (χ0v) is 27.9. The van der Waals surface area contributed by atoms with Gasteiger partial charge in [-0.15, -0.1) is 0 Å². The molecule has 8 rings (SSSR count). The highest BCUT2D eigenvalue weighted by Gasteiger charge is 2.16. The Labute approximate surface area is 294 Å². The van der Waals surface area contributed by atoms with E-state index in [4.69, 9.17) is 0 Å². The van der Waals surface area contributed by atoms with Gasteiger partial charge in [0.15, 0.2) is 0 Å². The standard InChI is InChI=1S/C43H27N3.C3H8.CH4/c1-28-11-19-38-40(21-28)41-25-34(16-20-39(41)43(27-45)42(38)26-44)31-12-13-33-24-37(18-15-32(33)22-31)46(35-9-3-2-4-10-35)36-17-14-29-7-5-6-8-30(29)23-36;1-3-2;/h2-25H,1H3;3H2,1-2H3;1H4. The molecular formula is C47H39N3. The van der Waals surface area contributed by atoms with Crippen LogP contribution in [0, 0.1) is 29.6 Å². The molecule has 0 unspecified atom stereocenters. The zero-order chi connectivity index (χ0) is 33.9. The van der Waals surface area contributed by atoms with E-state index in [9.17, 15) is 10.5 Å². The van der Waals surface area contributed by atoms with Gasteiger partial charge in [0.2, 0.25) is 0 Å². The normalized spacial score (nSPS) is 10.6. The number of aryl methyl sites for hydroxylation is 1. The Morgan fingerprint density at radius 2 is 0.940 bits per heavy atom. The van der Waals surface area contributed by atoms with Gasteiger partial charge in [0.25, 0.3) is 0 Å². The van der Waals surface area contributed by atoms with Crippen molar-refractivity contribution in [1.29, 1.82) is 10.5 Å². The molecule has 50 heavy (non-hydrogen) atoms. The second kappa shape index (κ2) is 14.4. The van der Waals surface area contributed by atoms with Gasteiger partial charge in [-0.05, 0) is 98.9 Å². The van der Waals surface area contributed by atoms with E-state index in [2.05, 4.69) is 159 Å². The van der Waals surface area contributed by atoms with E-state index in [0.29, 0.717) is 11.1 Å². The Hall–Kier alpha value is -6.42. The second-order valence-electron chi connectivity index (χ2n) is 12.4. The molecule has 0 bridgehead atoms. The van der Waals surface area contributed by atoms with Crippen molar-refractivity contribution in [3.63, 3.8) is 0 Å². The van der Waals surface area contributed by atoms with Crippen LogP contribution in [-0.2, 0) is 0 Å². The molecule has 0 atom stereocenters. The Balaban J connectivity index is 0.00000104. The number of hydrogen-bond donors (Lipinski definition) is 0. The van der Waals surface area contributed by atoms with E-state index in [0.717, 1.165) is 66.1 Å². The van der Waals surface area contributed by atoms with Gasteiger partial charge in [0.1, 0.15) is 12.1 Å². The second-order valence-corrected chi connectivity index (χ2v) is 12.4. The van der Waals surface area contributed by atoms with Crippen molar-refractivity contribution in [2.45, 2.75) is 34.6 Å². The number of hydrogen-bond acceptors (Lipinski definition) is 3. The predicted molar refractivity (Wildman–Crippen MR) is 213 cm³/mol. The number of anilines is 3. The van der Waals surface area contributed by atoms with Crippen LogP contribution in [0.4, 0.5) is 17.1 Å². The number of nitriles is 2. The monoisotopic (exact) mass is 645 g/mol. The SMILES string of the molecule is C.CCC.Cc1ccc2c(C#N)c(C#N)c3ccc(-c4ccc5cc(N(c6ccccc6)c6ccc7ccccc7c6)ccc5c4)cc3c2c1. The lowest BCUT2D eigenvalue weighted by atomic mass is 9.89. The van der Waals surface area contributed by atoms with E-state index in [1.54, 1.807) is 0 Å². The first-order valence-electron chi connectivity index (χ1n) is 16.7. The Morgan fingerprint density at radius 1 is 0.460 bits per heavy atom. The summed E-state index contributed by atoms with van der Waals surface area (Å²) in [7, 11) is 0. The summed E-state index contributed by atoms with van der Waals surface area (Å²) in [5.41, 5.74) is 7.44. The lowest BCUT2D eigenvalue weighted by Gasteiger charge is -2.26. The number of nitrogens with zero attached hydrogens (tertiary/aromatic N) is 3. The van der Waals surface area contributed by atoms with Gasteiger partial charge in [-0.1, -0.05) is 130 Å². The predicted octanol–water partition coefficient (Wildman–Crippen LogP) is 13.5. The van der Waals surface area contributed by atoms with Crippen LogP contribution in [0.5, 0.6) is 0 Å². The lowest BCUT2D eigenvalue weighted by molar-refractivity contribution is 1.09. The Kier molecular flexibility index (Phi) is 9.62. The van der Waals surface area contributed by atoms with Gasteiger partial charge >= 0.3 is 0 Å². The molecular weight excluding hydrogens is 607 g/mol. The highest BCUT2D eigenvalue weighted by Crippen LogP contribution is 2.39. The molecule has 0 amide bonds. The Bertz CT molecular complexity index is 2590. The molecule has 0 aliphatic heterocycles. The first-order valence-corrected chi connectivity index (χ1v) is 16.7. The minimum atomic E-state index is 0. The maximum Gasteiger partial charge on any atom is 0.101 e. The van der Waals surface area contributed by atoms with Crippen LogP contribution >= 0.6 is 0 Å². The van der Waals surface area contributed by atoms with Crippen LogP contribution in [0.25, 0.3) is 54.2 Å². The minimum absolute atomic E-state index is 0. The molecule has 242 valence electrons. The van der Waals surface area contributed by atoms with Crippen LogP contribution in [0.1, 0.15) is 44.4 Å². The van der Waals surface area contributed by atoms with E-state index in [1.807, 2.05) is 24.3 Å². The van der Waals surface area contributed by atoms with Crippen molar-refractivity contribution in [3.8, 4) is 23.3 Å². The van der Waals surface area contributed by atoms with Crippen molar-refractivity contribution in [3.05, 3.63) is 162 Å². The smallest absolute Gasteiger partial charge is 0.101 e. The van der Waals surface area contributed by atoms with Gasteiger partial charge < -0.3 is 4.90 Å². The molecule has 0 saturated heterocycles. The molecule has 0 aliphatic carbocycles. The summed E-state index contributed by atoms with van der Waals surface area (Å²) in [6.07, 6.45) is 1.25. The number of para-hydroxylation sites is 1. The molecule has 0 spiro atoms. The highest BCUT2D eigenvalue weighted by atomic mass is 15.1. The van der Waals surface area contributed by atoms with Crippen LogP contribution in [-0.4, -0.2) is 0 Å². The van der Waals surface area contributed by atoms with Crippen molar-refractivity contribution in [1.82, 2.24) is 0 Å². The number of rotatable bonds is 4. The fraction of sp³-hybridized carbons (Fsp3) is 0.106. The lowest BCUT2D eigenvalue weighted by Crippen LogP contribution is -2.09. The molecule has 3 nitrogen and oxygen atoms in total. The maximum atomic E-state index is 10.0. The fourth-order valence-corrected chi connectivity index (χ4v) is 6.66. The maximum absolute atomic E-state index is 10.0. The molecule has 0 aliphatic rings. The summed E-state index contributed by atoms with van der Waals surface area (Å²) < 4.78 is 0. The third kappa shape index (κ3) is 6.14. The molecule has 8 aromatic rings.